The van der Waals surface area contributed by atoms with Crippen LogP contribution in [-0.2, 0) is 16.9 Å². The molecule has 0 unspecified atom stereocenters. The number of amides is 1. The number of nitrogens with zero attached hydrogens (tertiary/aromatic N) is 5. The third-order valence-electron chi connectivity index (χ3n) is 6.02. The number of fused-ring (bicyclic) bond motifs is 1. The number of ether oxygens (including phenoxy) is 1. The van der Waals surface area contributed by atoms with Crippen LogP contribution in [0.2, 0.25) is 0 Å². The number of thioether (sulfide) groups is 1. The molecule has 1 aromatic carbocycles. The zero-order valence-corrected chi connectivity index (χ0v) is 20.9. The fourth-order valence-corrected chi connectivity index (χ4v) is 5.49. The Balaban J connectivity index is 1.39. The van der Waals surface area contributed by atoms with Crippen molar-refractivity contribution in [3.05, 3.63) is 83.2 Å². The predicted molar refractivity (Wildman–Crippen MR) is 134 cm³/mol. The number of carbonyl (C=O) groups is 1. The van der Waals surface area contributed by atoms with Crippen molar-refractivity contribution in [3.8, 4) is 5.88 Å². The number of halogens is 2. The molecule has 12 heteroatoms. The minimum absolute atomic E-state index is 0.0302. The summed E-state index contributed by atoms with van der Waals surface area (Å²) in [5.74, 6) is -0.865. The Hall–Kier alpha value is -4.06. The van der Waals surface area contributed by atoms with E-state index in [0.29, 0.717) is 17.0 Å². The van der Waals surface area contributed by atoms with Crippen LogP contribution >= 0.6 is 11.8 Å². The molecule has 0 radical (unpaired) electrons. The molecule has 37 heavy (non-hydrogen) atoms. The summed E-state index contributed by atoms with van der Waals surface area (Å²) in [5, 5.41) is 0.169. The van der Waals surface area contributed by atoms with Crippen LogP contribution in [0.5, 0.6) is 5.88 Å². The summed E-state index contributed by atoms with van der Waals surface area (Å²) < 4.78 is 39.6. The number of nitrogens with two attached hydrogens (primary N) is 1. The molecular weight excluding hydrogens is 502 g/mol. The lowest BCUT2D eigenvalue weighted by Crippen LogP contribution is -2.43. The first-order valence-electron chi connectivity index (χ1n) is 11.1. The second-order valence-corrected chi connectivity index (χ2v) is 10.1. The fourth-order valence-electron chi connectivity index (χ4n) is 4.18. The van der Waals surface area contributed by atoms with Gasteiger partial charge in [0.15, 0.2) is 17.6 Å². The van der Waals surface area contributed by atoms with Gasteiger partial charge in [0.2, 0.25) is 17.7 Å². The van der Waals surface area contributed by atoms with Crippen molar-refractivity contribution in [1.29, 1.82) is 0 Å². The SMILES string of the molecule is CN(C)C(=O)[C@]12C=C1[C@@](C)(c1cc(/C=C(\F)c3cnc(OCc4ncco4)cn3)ccc1F)N=C(N)S2. The average molecular weight is 525 g/mol. The van der Waals surface area contributed by atoms with Crippen molar-refractivity contribution in [2.45, 2.75) is 23.8 Å². The van der Waals surface area contributed by atoms with Crippen molar-refractivity contribution in [2.24, 2.45) is 10.7 Å². The Morgan fingerprint density at radius 1 is 1.27 bits per heavy atom. The van der Waals surface area contributed by atoms with Gasteiger partial charge < -0.3 is 19.8 Å². The summed E-state index contributed by atoms with van der Waals surface area (Å²) in [6.07, 6.45) is 8.39. The van der Waals surface area contributed by atoms with E-state index in [0.717, 1.165) is 11.8 Å². The van der Waals surface area contributed by atoms with Crippen LogP contribution in [0.4, 0.5) is 8.78 Å². The Morgan fingerprint density at radius 2 is 2.08 bits per heavy atom. The molecule has 2 N–H and O–H groups in total. The van der Waals surface area contributed by atoms with E-state index in [9.17, 15) is 4.79 Å². The Labute approximate surface area is 215 Å². The number of aromatic nitrogens is 3. The minimum Gasteiger partial charge on any atom is -0.467 e. The topological polar surface area (TPSA) is 120 Å². The third kappa shape index (κ3) is 4.48. The molecule has 2 aliphatic rings. The second-order valence-electron chi connectivity index (χ2n) is 8.80. The molecule has 0 saturated carbocycles. The molecule has 5 rings (SSSR count). The number of hydrogen-bond acceptors (Lipinski definition) is 9. The molecule has 9 nitrogen and oxygen atoms in total. The van der Waals surface area contributed by atoms with Gasteiger partial charge in [-0.15, -0.1) is 0 Å². The van der Waals surface area contributed by atoms with Gasteiger partial charge in [-0.3, -0.25) is 4.79 Å². The zero-order valence-electron chi connectivity index (χ0n) is 20.1. The third-order valence-corrected chi connectivity index (χ3v) is 7.15. The quantitative estimate of drug-likeness (QED) is 0.465. The molecule has 2 atom stereocenters. The van der Waals surface area contributed by atoms with E-state index < -0.39 is 21.9 Å². The second kappa shape index (κ2) is 9.11. The van der Waals surface area contributed by atoms with E-state index in [1.54, 1.807) is 27.1 Å². The van der Waals surface area contributed by atoms with Crippen LogP contribution in [0, 0.1) is 5.82 Å². The molecule has 1 amide bonds. The maximum absolute atomic E-state index is 15.1. The van der Waals surface area contributed by atoms with Gasteiger partial charge in [0.25, 0.3) is 0 Å². The first-order valence-corrected chi connectivity index (χ1v) is 11.9. The number of oxazole rings is 1. The standard InChI is InChI=1S/C25H22F2N6O3S/c1-24(19-10-25(19,22(34)33(2)3)37-23(28)32-24)15-8-14(4-5-16(15)26)9-17(27)18-11-31-20(12-30-18)36-13-21-29-6-7-35-21/h4-12H,13H2,1-3H3,(H2,28,32)/b17-9-/t24-,25+/m1/s1. The molecule has 3 aromatic rings. The van der Waals surface area contributed by atoms with Gasteiger partial charge in [-0.1, -0.05) is 23.9 Å². The lowest BCUT2D eigenvalue weighted by molar-refractivity contribution is -0.128. The summed E-state index contributed by atoms with van der Waals surface area (Å²) in [5.41, 5.74) is 6.03. The van der Waals surface area contributed by atoms with Crippen molar-refractivity contribution in [2.75, 3.05) is 14.1 Å². The first kappa shape index (κ1) is 24.6. The number of aliphatic imine (C=N–C) groups is 1. The van der Waals surface area contributed by atoms with Crippen LogP contribution in [0.15, 0.2) is 64.1 Å². The van der Waals surface area contributed by atoms with Crippen molar-refractivity contribution < 1.29 is 22.7 Å². The van der Waals surface area contributed by atoms with E-state index in [1.165, 1.54) is 54.0 Å². The van der Waals surface area contributed by atoms with Gasteiger partial charge in [-0.05, 0) is 36.3 Å². The van der Waals surface area contributed by atoms with Gasteiger partial charge in [0.05, 0.1) is 18.6 Å². The lowest BCUT2D eigenvalue weighted by Gasteiger charge is -2.34. The summed E-state index contributed by atoms with van der Waals surface area (Å²) in [6.45, 7) is 1.75. The van der Waals surface area contributed by atoms with Gasteiger partial charge in [-0.25, -0.2) is 28.7 Å². The average Bonchev–Trinajstić information content (AvgIpc) is 3.39. The molecule has 1 aliphatic carbocycles. The number of benzene rings is 1. The van der Waals surface area contributed by atoms with E-state index in [-0.39, 0.29) is 34.8 Å². The molecule has 0 fully saturated rings. The van der Waals surface area contributed by atoms with E-state index in [4.69, 9.17) is 14.9 Å². The molecule has 2 aromatic heterocycles. The fraction of sp³-hybridized carbons (Fsp3) is 0.240. The molecule has 3 heterocycles. The molecule has 0 spiro atoms. The maximum Gasteiger partial charge on any atom is 0.247 e. The van der Waals surface area contributed by atoms with E-state index >= 15 is 8.78 Å². The monoisotopic (exact) mass is 524 g/mol. The molecule has 0 saturated heterocycles. The summed E-state index contributed by atoms with van der Waals surface area (Å²) in [7, 11) is 3.29. The van der Waals surface area contributed by atoms with Crippen LogP contribution in [0.25, 0.3) is 11.9 Å². The largest absolute Gasteiger partial charge is 0.467 e. The van der Waals surface area contributed by atoms with Crippen LogP contribution < -0.4 is 10.5 Å². The van der Waals surface area contributed by atoms with Crippen LogP contribution in [-0.4, -0.2) is 49.8 Å². The summed E-state index contributed by atoms with van der Waals surface area (Å²) in [4.78, 5) is 30.8. The molecular formula is C25H22F2N6O3S. The lowest BCUT2D eigenvalue weighted by atomic mass is 9.86. The Bertz CT molecular complexity index is 1460. The predicted octanol–water partition coefficient (Wildman–Crippen LogP) is 3.69. The normalized spacial score (nSPS) is 22.6. The van der Waals surface area contributed by atoms with Gasteiger partial charge in [-0.2, -0.15) is 0 Å². The van der Waals surface area contributed by atoms with Gasteiger partial charge in [0, 0.05) is 19.7 Å². The number of rotatable bonds is 7. The Kier molecular flexibility index (Phi) is 6.06. The highest BCUT2D eigenvalue weighted by atomic mass is 32.2. The highest BCUT2D eigenvalue weighted by Gasteiger charge is 2.63. The van der Waals surface area contributed by atoms with Crippen LogP contribution in [0.1, 0.15) is 29.6 Å². The first-order chi connectivity index (χ1) is 17.6. The molecule has 0 bridgehead atoms. The van der Waals surface area contributed by atoms with E-state index in [1.807, 2.05) is 0 Å². The van der Waals surface area contributed by atoms with Crippen molar-refractivity contribution in [1.82, 2.24) is 19.9 Å². The highest BCUT2D eigenvalue weighted by Crippen LogP contribution is 2.60. The number of amidine groups is 1. The Morgan fingerprint density at radius 3 is 2.76 bits per heavy atom. The number of hydrogen-bond donors (Lipinski definition) is 1. The highest BCUT2D eigenvalue weighted by molar-refractivity contribution is 8.16. The zero-order chi connectivity index (χ0) is 26.4. The van der Waals surface area contributed by atoms with Crippen molar-refractivity contribution in [3.63, 3.8) is 0 Å². The van der Waals surface area contributed by atoms with E-state index in [2.05, 4.69) is 19.9 Å². The summed E-state index contributed by atoms with van der Waals surface area (Å²) >= 11 is 1.13. The van der Waals surface area contributed by atoms with Crippen LogP contribution in [0.3, 0.4) is 0 Å². The summed E-state index contributed by atoms with van der Waals surface area (Å²) in [6, 6.07) is 4.16. The maximum atomic E-state index is 15.1. The van der Waals surface area contributed by atoms with Gasteiger partial charge in [0.1, 0.15) is 28.1 Å². The van der Waals surface area contributed by atoms with Gasteiger partial charge >= 0.3 is 0 Å². The minimum atomic E-state index is -1.22. The smallest absolute Gasteiger partial charge is 0.247 e. The molecule has 190 valence electrons. The van der Waals surface area contributed by atoms with Crippen molar-refractivity contribution >= 4 is 34.7 Å². The number of carbonyl (C=O) groups excluding carboxylic acids is 1. The molecule has 1 aliphatic heterocycles.